The van der Waals surface area contributed by atoms with E-state index >= 15 is 0 Å². The summed E-state index contributed by atoms with van der Waals surface area (Å²) in [5.74, 6) is 1.38. The first-order valence-corrected chi connectivity index (χ1v) is 9.56. The van der Waals surface area contributed by atoms with Crippen molar-refractivity contribution in [1.82, 2.24) is 9.97 Å². The Hall–Kier alpha value is -3.39. The summed E-state index contributed by atoms with van der Waals surface area (Å²) in [4.78, 5) is 16.1. The maximum Gasteiger partial charge on any atom is 0.124 e. The summed E-state index contributed by atoms with van der Waals surface area (Å²) in [6.07, 6.45) is 2.28. The highest BCUT2D eigenvalue weighted by Crippen LogP contribution is 2.34. The van der Waals surface area contributed by atoms with Gasteiger partial charge < -0.3 is 24.3 Å². The molecule has 0 bridgehead atoms. The molecule has 0 amide bonds. The average Bonchev–Trinajstić information content (AvgIpc) is 2.78. The number of benzene rings is 2. The summed E-state index contributed by atoms with van der Waals surface area (Å²) in [7, 11) is 4.73. The highest BCUT2D eigenvalue weighted by molar-refractivity contribution is 5.97. The summed E-state index contributed by atoms with van der Waals surface area (Å²) >= 11 is 0. The van der Waals surface area contributed by atoms with Crippen LogP contribution in [-0.4, -0.2) is 55.3 Å². The monoisotopic (exact) mass is 410 g/mol. The molecule has 0 fully saturated rings. The van der Waals surface area contributed by atoms with Gasteiger partial charge >= 0.3 is 0 Å². The first kappa shape index (κ1) is 21.3. The second-order valence-electron chi connectivity index (χ2n) is 6.59. The van der Waals surface area contributed by atoms with Crippen LogP contribution in [0, 0.1) is 0 Å². The summed E-state index contributed by atoms with van der Waals surface area (Å²) < 4.78 is 10.8. The van der Waals surface area contributed by atoms with Gasteiger partial charge in [0.05, 0.1) is 31.4 Å². The summed E-state index contributed by atoms with van der Waals surface area (Å²) in [5, 5.41) is 13.3. The largest absolute Gasteiger partial charge is 0.497 e. The molecule has 0 spiro atoms. The van der Waals surface area contributed by atoms with E-state index in [0.29, 0.717) is 35.9 Å². The number of methoxy groups -OCH3 is 2. The molecule has 1 aromatic heterocycles. The molecule has 0 unspecified atom stereocenters. The Bertz CT molecular complexity index is 1020. The molecular weight excluding hydrogens is 384 g/mol. The summed E-state index contributed by atoms with van der Waals surface area (Å²) in [6, 6.07) is 11.6. The molecule has 0 saturated carbocycles. The van der Waals surface area contributed by atoms with Crippen molar-refractivity contribution < 1.29 is 19.4 Å². The van der Waals surface area contributed by atoms with Crippen molar-refractivity contribution in [3.63, 3.8) is 0 Å². The van der Waals surface area contributed by atoms with Gasteiger partial charge in [0.2, 0.25) is 0 Å². The van der Waals surface area contributed by atoms with Gasteiger partial charge in [-0.05, 0) is 31.5 Å². The molecular formula is C22H26N4O4. The van der Waals surface area contributed by atoms with E-state index in [0.717, 1.165) is 22.4 Å². The van der Waals surface area contributed by atoms with Gasteiger partial charge in [-0.25, -0.2) is 4.98 Å². The zero-order valence-corrected chi connectivity index (χ0v) is 17.6. The summed E-state index contributed by atoms with van der Waals surface area (Å²) in [5.41, 5.74) is 4.61. The standard InChI is InChI=1S/C22H26N4O4/c1-15(25-30-4)22-14-23-20-7-6-16(12-21(20)24-22)26(8-5-9-27)17-10-18(28-2)13-19(11-17)29-3/h6-7,10-14,27H,5,8-9H2,1-4H3/b25-15+. The second-order valence-corrected chi connectivity index (χ2v) is 6.59. The summed E-state index contributed by atoms with van der Waals surface area (Å²) in [6.45, 7) is 2.51. The van der Waals surface area contributed by atoms with E-state index in [1.165, 1.54) is 7.11 Å². The van der Waals surface area contributed by atoms with Crippen LogP contribution in [0.4, 0.5) is 11.4 Å². The maximum absolute atomic E-state index is 9.41. The Balaban J connectivity index is 2.08. The lowest BCUT2D eigenvalue weighted by molar-refractivity contribution is 0.213. The van der Waals surface area contributed by atoms with Gasteiger partial charge in [0, 0.05) is 42.7 Å². The van der Waals surface area contributed by atoms with Crippen molar-refractivity contribution in [2.75, 3.05) is 39.4 Å². The van der Waals surface area contributed by atoms with E-state index in [4.69, 9.17) is 14.3 Å². The van der Waals surface area contributed by atoms with Crippen molar-refractivity contribution in [2.45, 2.75) is 13.3 Å². The predicted molar refractivity (Wildman–Crippen MR) is 117 cm³/mol. The molecule has 3 aromatic rings. The lowest BCUT2D eigenvalue weighted by Crippen LogP contribution is -2.19. The Morgan fingerprint density at radius 3 is 2.37 bits per heavy atom. The van der Waals surface area contributed by atoms with Crippen LogP contribution >= 0.6 is 0 Å². The number of oxime groups is 1. The predicted octanol–water partition coefficient (Wildman–Crippen LogP) is 3.54. The Morgan fingerprint density at radius 1 is 1.00 bits per heavy atom. The van der Waals surface area contributed by atoms with Gasteiger partial charge in [0.1, 0.15) is 30.0 Å². The molecule has 3 rings (SSSR count). The van der Waals surface area contributed by atoms with E-state index in [-0.39, 0.29) is 6.61 Å². The van der Waals surface area contributed by atoms with Crippen LogP contribution in [0.2, 0.25) is 0 Å². The third-order valence-electron chi connectivity index (χ3n) is 4.62. The number of aromatic nitrogens is 2. The molecule has 158 valence electrons. The quantitative estimate of drug-likeness (QED) is 0.426. The number of hydrogen-bond donors (Lipinski definition) is 1. The molecule has 0 saturated heterocycles. The number of ether oxygens (including phenoxy) is 2. The van der Waals surface area contributed by atoms with Crippen LogP contribution in [0.25, 0.3) is 11.0 Å². The van der Waals surface area contributed by atoms with Crippen LogP contribution in [0.5, 0.6) is 11.5 Å². The zero-order chi connectivity index (χ0) is 21.5. The van der Waals surface area contributed by atoms with Crippen molar-refractivity contribution in [2.24, 2.45) is 5.16 Å². The highest BCUT2D eigenvalue weighted by atomic mass is 16.6. The van der Waals surface area contributed by atoms with Crippen molar-refractivity contribution in [3.8, 4) is 11.5 Å². The van der Waals surface area contributed by atoms with Crippen molar-refractivity contribution >= 4 is 28.1 Å². The molecule has 1 heterocycles. The van der Waals surface area contributed by atoms with E-state index in [1.54, 1.807) is 20.4 Å². The first-order valence-electron chi connectivity index (χ1n) is 9.56. The number of nitrogens with zero attached hydrogens (tertiary/aromatic N) is 4. The number of aliphatic hydroxyl groups excluding tert-OH is 1. The topological polar surface area (TPSA) is 89.3 Å². The van der Waals surface area contributed by atoms with Crippen LogP contribution in [0.15, 0.2) is 47.8 Å². The SMILES string of the molecule is CO/N=C(\C)c1cnc2ccc(N(CCCO)c3cc(OC)cc(OC)c3)cc2n1. The fraction of sp³-hybridized carbons (Fsp3) is 0.318. The second kappa shape index (κ2) is 9.89. The maximum atomic E-state index is 9.41. The Labute approximate surface area is 175 Å². The normalized spacial score (nSPS) is 11.4. The number of anilines is 2. The zero-order valence-electron chi connectivity index (χ0n) is 17.6. The highest BCUT2D eigenvalue weighted by Gasteiger charge is 2.14. The number of fused-ring (bicyclic) bond motifs is 1. The van der Waals surface area contributed by atoms with E-state index < -0.39 is 0 Å². The Morgan fingerprint density at radius 2 is 1.73 bits per heavy atom. The van der Waals surface area contributed by atoms with Crippen LogP contribution in [-0.2, 0) is 4.84 Å². The molecule has 0 aliphatic carbocycles. The minimum absolute atomic E-state index is 0.0851. The van der Waals surface area contributed by atoms with Crippen LogP contribution < -0.4 is 14.4 Å². The molecule has 0 aliphatic rings. The fourth-order valence-corrected chi connectivity index (χ4v) is 3.11. The van der Waals surface area contributed by atoms with Gasteiger partial charge in [0.25, 0.3) is 0 Å². The Kier molecular flexibility index (Phi) is 7.03. The molecule has 0 atom stereocenters. The molecule has 30 heavy (non-hydrogen) atoms. The molecule has 1 N–H and O–H groups in total. The number of hydrogen-bond acceptors (Lipinski definition) is 8. The van der Waals surface area contributed by atoms with E-state index in [9.17, 15) is 5.11 Å². The minimum atomic E-state index is 0.0851. The van der Waals surface area contributed by atoms with E-state index in [1.807, 2.05) is 43.3 Å². The number of aliphatic hydroxyl groups is 1. The lowest BCUT2D eigenvalue weighted by Gasteiger charge is -2.26. The van der Waals surface area contributed by atoms with Crippen molar-refractivity contribution in [3.05, 3.63) is 48.3 Å². The number of rotatable bonds is 9. The smallest absolute Gasteiger partial charge is 0.124 e. The van der Waals surface area contributed by atoms with Gasteiger partial charge in [-0.3, -0.25) is 4.98 Å². The minimum Gasteiger partial charge on any atom is -0.497 e. The molecule has 0 aliphatic heterocycles. The van der Waals surface area contributed by atoms with Gasteiger partial charge in [-0.2, -0.15) is 0 Å². The average molecular weight is 410 g/mol. The van der Waals surface area contributed by atoms with Crippen molar-refractivity contribution in [1.29, 1.82) is 0 Å². The van der Waals surface area contributed by atoms with Gasteiger partial charge in [0.15, 0.2) is 0 Å². The third-order valence-corrected chi connectivity index (χ3v) is 4.62. The van der Waals surface area contributed by atoms with E-state index in [2.05, 4.69) is 20.0 Å². The van der Waals surface area contributed by atoms with Gasteiger partial charge in [-0.1, -0.05) is 5.16 Å². The third kappa shape index (κ3) is 4.77. The molecule has 8 nitrogen and oxygen atoms in total. The molecule has 2 aromatic carbocycles. The van der Waals surface area contributed by atoms with Crippen LogP contribution in [0.3, 0.4) is 0 Å². The van der Waals surface area contributed by atoms with Crippen LogP contribution in [0.1, 0.15) is 19.0 Å². The fourth-order valence-electron chi connectivity index (χ4n) is 3.11. The lowest BCUT2D eigenvalue weighted by atomic mass is 10.2. The molecule has 0 radical (unpaired) electrons. The van der Waals surface area contributed by atoms with Gasteiger partial charge in [-0.15, -0.1) is 0 Å². The molecule has 8 heteroatoms. The first-order chi connectivity index (χ1) is 14.6.